The van der Waals surface area contributed by atoms with Crippen molar-refractivity contribution in [2.24, 2.45) is 0 Å². The van der Waals surface area contributed by atoms with E-state index in [9.17, 15) is 0 Å². The van der Waals surface area contributed by atoms with Gasteiger partial charge in [0.05, 0.1) is 0 Å². The van der Waals surface area contributed by atoms with Gasteiger partial charge < -0.3 is 5.32 Å². The van der Waals surface area contributed by atoms with Gasteiger partial charge in [0.1, 0.15) is 0 Å². The van der Waals surface area contributed by atoms with Crippen molar-refractivity contribution in [3.8, 4) is 0 Å². The number of thiophene rings is 1. The molecule has 0 amide bonds. The second-order valence-electron chi connectivity index (χ2n) is 4.32. The molecule has 1 aromatic heterocycles. The van der Waals surface area contributed by atoms with Crippen molar-refractivity contribution in [1.29, 1.82) is 0 Å². The van der Waals surface area contributed by atoms with Crippen molar-refractivity contribution in [3.05, 3.63) is 34.0 Å². The van der Waals surface area contributed by atoms with Gasteiger partial charge in [-0.25, -0.2) is 0 Å². The molecule has 1 aliphatic rings. The second kappa shape index (κ2) is 5.47. The van der Waals surface area contributed by atoms with Crippen LogP contribution in [0.15, 0.2) is 29.2 Å². The molecule has 1 aromatic rings. The molecular formula is C13H19NS. The molecule has 0 spiro atoms. The molecular weight excluding hydrogens is 202 g/mol. The van der Waals surface area contributed by atoms with Crippen LogP contribution in [0.5, 0.6) is 0 Å². The SMILES string of the molecule is CC(=CCCNC1CC1)Cc1cccs1. The minimum Gasteiger partial charge on any atom is -0.314 e. The van der Waals surface area contributed by atoms with E-state index in [4.69, 9.17) is 0 Å². The van der Waals surface area contributed by atoms with Gasteiger partial charge in [-0.1, -0.05) is 17.7 Å². The van der Waals surface area contributed by atoms with Crippen LogP contribution < -0.4 is 5.32 Å². The van der Waals surface area contributed by atoms with Crippen molar-refractivity contribution < 1.29 is 0 Å². The zero-order valence-electron chi connectivity index (χ0n) is 9.33. The molecule has 1 heterocycles. The lowest BCUT2D eigenvalue weighted by atomic mass is 10.1. The van der Waals surface area contributed by atoms with E-state index >= 15 is 0 Å². The minimum atomic E-state index is 0.844. The van der Waals surface area contributed by atoms with Crippen molar-refractivity contribution in [1.82, 2.24) is 5.32 Å². The molecule has 0 bridgehead atoms. The van der Waals surface area contributed by atoms with E-state index in [2.05, 4.69) is 35.8 Å². The van der Waals surface area contributed by atoms with Gasteiger partial charge in [-0.2, -0.15) is 0 Å². The third kappa shape index (κ3) is 4.18. The average Bonchev–Trinajstić information content (AvgIpc) is 2.91. The Bertz CT molecular complexity index is 309. The maximum Gasteiger partial charge on any atom is 0.00855 e. The van der Waals surface area contributed by atoms with Gasteiger partial charge in [0.25, 0.3) is 0 Å². The fourth-order valence-corrected chi connectivity index (χ4v) is 2.45. The van der Waals surface area contributed by atoms with E-state index in [1.807, 2.05) is 11.3 Å². The zero-order chi connectivity index (χ0) is 10.5. The Morgan fingerprint density at radius 1 is 1.60 bits per heavy atom. The van der Waals surface area contributed by atoms with Gasteiger partial charge in [-0.05, 0) is 44.2 Å². The highest BCUT2D eigenvalue weighted by Gasteiger charge is 2.19. The zero-order valence-corrected chi connectivity index (χ0v) is 10.1. The summed E-state index contributed by atoms with van der Waals surface area (Å²) in [5, 5.41) is 5.68. The maximum absolute atomic E-state index is 3.53. The highest BCUT2D eigenvalue weighted by Crippen LogP contribution is 2.18. The third-order valence-electron chi connectivity index (χ3n) is 2.68. The summed E-state index contributed by atoms with van der Waals surface area (Å²) in [6, 6.07) is 5.18. The van der Waals surface area contributed by atoms with Crippen LogP contribution in [0.2, 0.25) is 0 Å². The lowest BCUT2D eigenvalue weighted by Gasteiger charge is -2.01. The van der Waals surface area contributed by atoms with Crippen LogP contribution in [-0.4, -0.2) is 12.6 Å². The summed E-state index contributed by atoms with van der Waals surface area (Å²) in [5.74, 6) is 0. The molecule has 82 valence electrons. The van der Waals surface area contributed by atoms with Crippen molar-refractivity contribution >= 4 is 11.3 Å². The van der Waals surface area contributed by atoms with Gasteiger partial charge in [0.15, 0.2) is 0 Å². The molecule has 1 nitrogen and oxygen atoms in total. The Morgan fingerprint density at radius 3 is 3.13 bits per heavy atom. The molecule has 1 saturated carbocycles. The largest absolute Gasteiger partial charge is 0.314 e. The first kappa shape index (κ1) is 10.9. The van der Waals surface area contributed by atoms with Gasteiger partial charge in [-0.3, -0.25) is 0 Å². The van der Waals surface area contributed by atoms with Gasteiger partial charge in [0.2, 0.25) is 0 Å². The first-order valence-electron chi connectivity index (χ1n) is 5.76. The lowest BCUT2D eigenvalue weighted by Crippen LogP contribution is -2.16. The maximum atomic E-state index is 3.53. The van der Waals surface area contributed by atoms with Crippen molar-refractivity contribution in [2.45, 2.75) is 38.6 Å². The Hall–Kier alpha value is -0.600. The normalized spacial score (nSPS) is 17.0. The van der Waals surface area contributed by atoms with E-state index in [1.165, 1.54) is 29.7 Å². The molecule has 0 saturated heterocycles. The summed E-state index contributed by atoms with van der Waals surface area (Å²) in [6.07, 6.45) is 7.44. The summed E-state index contributed by atoms with van der Waals surface area (Å²) in [7, 11) is 0. The third-order valence-corrected chi connectivity index (χ3v) is 3.56. The fourth-order valence-electron chi connectivity index (χ4n) is 1.65. The monoisotopic (exact) mass is 221 g/mol. The van der Waals surface area contributed by atoms with Crippen LogP contribution in [0, 0.1) is 0 Å². The number of allylic oxidation sites excluding steroid dienone is 1. The standard InChI is InChI=1S/C13H19NS/c1-11(10-13-5-3-9-15-13)4-2-8-14-12-6-7-12/h3-5,9,12,14H,2,6-8,10H2,1H3. The number of nitrogens with one attached hydrogen (secondary N) is 1. The van der Waals surface area contributed by atoms with Crippen LogP contribution >= 0.6 is 11.3 Å². The Balaban J connectivity index is 1.65. The van der Waals surface area contributed by atoms with Crippen molar-refractivity contribution in [3.63, 3.8) is 0 Å². The number of hydrogen-bond donors (Lipinski definition) is 1. The summed E-state index contributed by atoms with van der Waals surface area (Å²) < 4.78 is 0. The fraction of sp³-hybridized carbons (Fsp3) is 0.538. The second-order valence-corrected chi connectivity index (χ2v) is 5.36. The van der Waals surface area contributed by atoms with E-state index in [0.717, 1.165) is 19.0 Å². The molecule has 2 heteroatoms. The van der Waals surface area contributed by atoms with Crippen LogP contribution in [0.1, 0.15) is 31.1 Å². The number of hydrogen-bond acceptors (Lipinski definition) is 2. The van der Waals surface area contributed by atoms with Crippen LogP contribution in [0.25, 0.3) is 0 Å². The molecule has 0 unspecified atom stereocenters. The molecule has 15 heavy (non-hydrogen) atoms. The predicted octanol–water partition coefficient (Wildman–Crippen LogP) is 3.38. The summed E-state index contributed by atoms with van der Waals surface area (Å²) in [5.41, 5.74) is 1.50. The first-order chi connectivity index (χ1) is 7.34. The molecule has 1 N–H and O–H groups in total. The van der Waals surface area contributed by atoms with Crippen LogP contribution in [0.3, 0.4) is 0 Å². The van der Waals surface area contributed by atoms with Gasteiger partial charge in [-0.15, -0.1) is 11.3 Å². The highest BCUT2D eigenvalue weighted by atomic mass is 32.1. The highest BCUT2D eigenvalue weighted by molar-refractivity contribution is 7.09. The van der Waals surface area contributed by atoms with Crippen LogP contribution in [-0.2, 0) is 6.42 Å². The number of rotatable bonds is 6. The minimum absolute atomic E-state index is 0.844. The molecule has 0 atom stereocenters. The summed E-state index contributed by atoms with van der Waals surface area (Å²) >= 11 is 1.85. The first-order valence-corrected chi connectivity index (χ1v) is 6.64. The quantitative estimate of drug-likeness (QED) is 0.573. The predicted molar refractivity (Wildman–Crippen MR) is 67.4 cm³/mol. The smallest absolute Gasteiger partial charge is 0.00855 e. The average molecular weight is 221 g/mol. The Kier molecular flexibility index (Phi) is 3.98. The van der Waals surface area contributed by atoms with E-state index in [1.54, 1.807) is 0 Å². The topological polar surface area (TPSA) is 12.0 Å². The molecule has 1 fully saturated rings. The van der Waals surface area contributed by atoms with E-state index in [0.29, 0.717) is 0 Å². The molecule has 1 aliphatic carbocycles. The Morgan fingerprint density at radius 2 is 2.47 bits per heavy atom. The lowest BCUT2D eigenvalue weighted by molar-refractivity contribution is 0.688. The van der Waals surface area contributed by atoms with Gasteiger partial charge in [0, 0.05) is 17.3 Å². The van der Waals surface area contributed by atoms with Crippen LogP contribution in [0.4, 0.5) is 0 Å². The molecule has 2 rings (SSSR count). The summed E-state index contributed by atoms with van der Waals surface area (Å²) in [4.78, 5) is 1.47. The summed E-state index contributed by atoms with van der Waals surface area (Å²) in [6.45, 7) is 3.38. The van der Waals surface area contributed by atoms with E-state index in [-0.39, 0.29) is 0 Å². The molecule has 0 radical (unpaired) electrons. The van der Waals surface area contributed by atoms with Crippen molar-refractivity contribution in [2.75, 3.05) is 6.54 Å². The molecule has 0 aromatic carbocycles. The Labute approximate surface area is 96.2 Å². The molecule has 0 aliphatic heterocycles. The van der Waals surface area contributed by atoms with E-state index < -0.39 is 0 Å². The van der Waals surface area contributed by atoms with Gasteiger partial charge >= 0.3 is 0 Å².